The Morgan fingerprint density at radius 2 is 1.87 bits per heavy atom. The molecule has 0 bridgehead atoms. The largest absolute Gasteiger partial charge is 0.468 e. The van der Waals surface area contributed by atoms with Crippen molar-refractivity contribution in [1.29, 1.82) is 0 Å². The molecule has 46 heavy (non-hydrogen) atoms. The van der Waals surface area contributed by atoms with Crippen LogP contribution in [0.3, 0.4) is 0 Å². The number of nitrogens with one attached hydrogen (secondary N) is 1. The van der Waals surface area contributed by atoms with Crippen molar-refractivity contribution in [3.8, 4) is 11.8 Å². The number of pyridine rings is 1. The number of anilines is 1. The van der Waals surface area contributed by atoms with Gasteiger partial charge in [-0.2, -0.15) is 4.36 Å². The minimum Gasteiger partial charge on any atom is -0.468 e. The Bertz CT molecular complexity index is 1920. The molecule has 1 aliphatic rings. The van der Waals surface area contributed by atoms with Crippen molar-refractivity contribution in [3.63, 3.8) is 0 Å². The highest BCUT2D eigenvalue weighted by molar-refractivity contribution is 7.94. The zero-order valence-electron chi connectivity index (χ0n) is 25.6. The number of carbonyl (C=O) groups is 3. The van der Waals surface area contributed by atoms with Gasteiger partial charge in [0.1, 0.15) is 6.04 Å². The van der Waals surface area contributed by atoms with Crippen LogP contribution in [0.4, 0.5) is 5.69 Å². The third-order valence-corrected chi connectivity index (χ3v) is 9.88. The first-order valence-electron chi connectivity index (χ1n) is 14.8. The minimum absolute atomic E-state index is 0.145. The molecule has 1 saturated heterocycles. The molecule has 0 aliphatic carbocycles. The molecule has 3 heterocycles. The molecular formula is C35H34N4O6S. The maximum absolute atomic E-state index is 14.2. The lowest BCUT2D eigenvalue weighted by molar-refractivity contribution is -0.145. The van der Waals surface area contributed by atoms with Gasteiger partial charge in [0.05, 0.1) is 28.7 Å². The van der Waals surface area contributed by atoms with Crippen LogP contribution in [0.1, 0.15) is 56.9 Å². The maximum Gasteiger partial charge on any atom is 0.323 e. The van der Waals surface area contributed by atoms with E-state index in [0.717, 1.165) is 24.9 Å². The molecule has 0 saturated carbocycles. The topological polar surface area (TPSA) is 131 Å². The van der Waals surface area contributed by atoms with Gasteiger partial charge in [0, 0.05) is 45.4 Å². The average molecular weight is 639 g/mol. The van der Waals surface area contributed by atoms with Crippen LogP contribution in [-0.4, -0.2) is 63.9 Å². The molecule has 0 spiro atoms. The van der Waals surface area contributed by atoms with Crippen molar-refractivity contribution in [2.24, 2.45) is 4.36 Å². The molecule has 2 unspecified atom stereocenters. The zero-order chi connectivity index (χ0) is 32.5. The van der Waals surface area contributed by atoms with Crippen molar-refractivity contribution < 1.29 is 27.7 Å². The lowest BCUT2D eigenvalue weighted by atomic mass is 10.1. The zero-order valence-corrected chi connectivity index (χ0v) is 26.4. The maximum atomic E-state index is 14.2. The van der Waals surface area contributed by atoms with Crippen LogP contribution >= 0.6 is 0 Å². The Hall–Kier alpha value is -5.05. The molecule has 10 nitrogen and oxygen atoms in total. The molecule has 1 N–H and O–H groups in total. The summed E-state index contributed by atoms with van der Waals surface area (Å²) < 4.78 is 28.7. The van der Waals surface area contributed by atoms with Crippen LogP contribution in [0.5, 0.6) is 0 Å². The van der Waals surface area contributed by atoms with Crippen LogP contribution in [0.2, 0.25) is 0 Å². The monoisotopic (exact) mass is 638 g/mol. The molecule has 236 valence electrons. The number of furan rings is 1. The molecule has 2 atom stereocenters. The van der Waals surface area contributed by atoms with Crippen LogP contribution in [0.15, 0.2) is 99.1 Å². The second-order valence-corrected chi connectivity index (χ2v) is 13.1. The number of carbonyl (C=O) groups excluding carboxylic acids is 3. The van der Waals surface area contributed by atoms with Gasteiger partial charge in [-0.3, -0.25) is 24.3 Å². The fourth-order valence-electron chi connectivity index (χ4n) is 5.23. The summed E-state index contributed by atoms with van der Waals surface area (Å²) in [4.78, 5) is 44.7. The summed E-state index contributed by atoms with van der Waals surface area (Å²) >= 11 is 0. The molecular weight excluding hydrogens is 604 g/mol. The number of aromatic nitrogens is 1. The van der Waals surface area contributed by atoms with Gasteiger partial charge in [-0.15, -0.1) is 0 Å². The lowest BCUT2D eigenvalue weighted by Gasteiger charge is -2.22. The highest BCUT2D eigenvalue weighted by Crippen LogP contribution is 2.21. The van der Waals surface area contributed by atoms with Gasteiger partial charge >= 0.3 is 5.97 Å². The predicted molar refractivity (Wildman–Crippen MR) is 174 cm³/mol. The van der Waals surface area contributed by atoms with Gasteiger partial charge < -0.3 is 14.5 Å². The molecule has 11 heteroatoms. The van der Waals surface area contributed by atoms with E-state index < -0.39 is 15.6 Å². The van der Waals surface area contributed by atoms with Gasteiger partial charge in [0.2, 0.25) is 0 Å². The number of rotatable bonds is 9. The highest BCUT2D eigenvalue weighted by atomic mass is 32.2. The number of hydrogen-bond donors (Lipinski definition) is 1. The fraction of sp³-hybridized carbons (Fsp3) is 0.257. The number of benzene rings is 2. The second kappa shape index (κ2) is 14.8. The van der Waals surface area contributed by atoms with Crippen molar-refractivity contribution in [1.82, 2.24) is 9.88 Å². The quantitative estimate of drug-likeness (QED) is 0.192. The molecule has 0 radical (unpaired) electrons. The summed E-state index contributed by atoms with van der Waals surface area (Å²) in [5.74, 6) is 5.13. The first kappa shape index (κ1) is 32.3. The van der Waals surface area contributed by atoms with Gasteiger partial charge in [0.15, 0.2) is 5.76 Å². The normalized spacial score (nSPS) is 15.7. The Morgan fingerprint density at radius 3 is 2.63 bits per heavy atom. The van der Waals surface area contributed by atoms with E-state index in [9.17, 15) is 18.6 Å². The van der Waals surface area contributed by atoms with Crippen LogP contribution in [-0.2, 0) is 19.3 Å². The van der Waals surface area contributed by atoms with Crippen LogP contribution in [0.25, 0.3) is 0 Å². The number of nitrogens with zero attached hydrogens (tertiary/aromatic N) is 3. The third kappa shape index (κ3) is 7.96. The first-order chi connectivity index (χ1) is 22.3. The number of likely N-dealkylation sites (tertiary alicyclic amines) is 1. The Kier molecular flexibility index (Phi) is 10.4. The van der Waals surface area contributed by atoms with Crippen molar-refractivity contribution in [3.05, 3.63) is 113 Å². The van der Waals surface area contributed by atoms with E-state index >= 15 is 0 Å². The van der Waals surface area contributed by atoms with Crippen molar-refractivity contribution in [2.75, 3.05) is 31.3 Å². The van der Waals surface area contributed by atoms with Gasteiger partial charge in [-0.25, -0.2) is 4.21 Å². The summed E-state index contributed by atoms with van der Waals surface area (Å²) in [6.07, 6.45) is 6.45. The average Bonchev–Trinajstić information content (AvgIpc) is 3.73. The number of ether oxygens (including phenoxy) is 1. The molecule has 1 fully saturated rings. The first-order valence-corrected chi connectivity index (χ1v) is 16.5. The number of aryl methyl sites for hydroxylation is 1. The summed E-state index contributed by atoms with van der Waals surface area (Å²) in [5.41, 5.74) is 2.55. The van der Waals surface area contributed by atoms with E-state index in [1.807, 2.05) is 11.0 Å². The molecule has 4 aromatic rings. The predicted octanol–water partition coefficient (Wildman–Crippen LogP) is 5.33. The van der Waals surface area contributed by atoms with Gasteiger partial charge in [-0.1, -0.05) is 36.1 Å². The highest BCUT2D eigenvalue weighted by Gasteiger charge is 2.31. The minimum atomic E-state index is -3.12. The SMILES string of the molecule is COC(=O)C1CCCN1CCCS(=O)(=NC(=O)c1cncc(C#Cc2cccc(NC(=O)c3occc3C)c2)c1)c1ccccc1. The van der Waals surface area contributed by atoms with E-state index in [0.29, 0.717) is 34.7 Å². The lowest BCUT2D eigenvalue weighted by Crippen LogP contribution is -2.37. The summed E-state index contributed by atoms with van der Waals surface area (Å²) in [7, 11) is -1.74. The van der Waals surface area contributed by atoms with Crippen molar-refractivity contribution in [2.45, 2.75) is 37.1 Å². The van der Waals surface area contributed by atoms with E-state index in [1.165, 1.54) is 25.8 Å². The molecule has 2 aromatic carbocycles. The fourth-order valence-corrected chi connectivity index (χ4v) is 7.14. The number of methoxy groups -OCH3 is 1. The van der Waals surface area contributed by atoms with Crippen LogP contribution in [0, 0.1) is 18.8 Å². The van der Waals surface area contributed by atoms with Crippen molar-refractivity contribution >= 4 is 33.2 Å². The summed E-state index contributed by atoms with van der Waals surface area (Å²) in [5, 5.41) is 2.80. The van der Waals surface area contributed by atoms with E-state index in [2.05, 4.69) is 26.5 Å². The number of esters is 1. The van der Waals surface area contributed by atoms with E-state index in [-0.39, 0.29) is 35.0 Å². The summed E-state index contributed by atoms with van der Waals surface area (Å²) in [6.45, 7) is 3.08. The molecule has 2 aromatic heterocycles. The molecule has 1 aliphatic heterocycles. The molecule has 2 amide bonds. The molecule has 5 rings (SSSR count). The standard InChI is InChI=1S/C35H34N4O6S/c1-25-16-19-45-32(25)34(41)37-29-10-6-9-26(22-29)14-15-27-21-28(24-36-23-27)33(40)38-46(43,30-11-4-3-5-12-30)20-8-18-39-17-7-13-31(39)35(42)44-2/h3-6,9-12,16,19,21-24,31H,7-8,13,17-18,20H2,1-2H3,(H,37,41). The van der Waals surface area contributed by atoms with E-state index in [4.69, 9.17) is 9.15 Å². The van der Waals surface area contributed by atoms with Gasteiger partial charge in [0.25, 0.3) is 11.8 Å². The Morgan fingerprint density at radius 1 is 1.07 bits per heavy atom. The Labute approximate surface area is 268 Å². The van der Waals surface area contributed by atoms with Crippen LogP contribution < -0.4 is 5.32 Å². The third-order valence-electron chi connectivity index (χ3n) is 7.57. The van der Waals surface area contributed by atoms with E-state index in [1.54, 1.807) is 67.6 Å². The van der Waals surface area contributed by atoms with Gasteiger partial charge in [-0.05, 0) is 81.7 Å². The Balaban J connectivity index is 1.32. The number of hydrogen-bond acceptors (Lipinski definition) is 8. The summed E-state index contributed by atoms with van der Waals surface area (Å²) in [6, 6.07) is 18.8. The number of amides is 2. The second-order valence-electron chi connectivity index (χ2n) is 10.8. The smallest absolute Gasteiger partial charge is 0.323 e.